The zero-order chi connectivity index (χ0) is 19.6. The number of piperidine rings is 1. The first kappa shape index (κ1) is 17.9. The summed E-state index contributed by atoms with van der Waals surface area (Å²) >= 11 is 0. The summed E-state index contributed by atoms with van der Waals surface area (Å²) in [5.41, 5.74) is 2.96. The number of imidazole rings is 1. The van der Waals surface area contributed by atoms with Crippen LogP contribution in [0.4, 0.5) is 5.69 Å². The van der Waals surface area contributed by atoms with E-state index in [4.69, 9.17) is 4.98 Å². The highest BCUT2D eigenvalue weighted by molar-refractivity contribution is 6.02. The predicted molar refractivity (Wildman–Crippen MR) is 117 cm³/mol. The maximum atomic E-state index is 12.7. The molecule has 0 bridgehead atoms. The van der Waals surface area contributed by atoms with Crippen LogP contribution in [-0.4, -0.2) is 40.4 Å². The van der Waals surface area contributed by atoms with Crippen LogP contribution in [0.5, 0.6) is 0 Å². The zero-order valence-electron chi connectivity index (χ0n) is 16.3. The fourth-order valence-electron chi connectivity index (χ4n) is 4.32. The normalized spacial score (nSPS) is 17.6. The third-order valence-corrected chi connectivity index (χ3v) is 5.73. The van der Waals surface area contributed by atoms with Crippen molar-refractivity contribution in [3.63, 3.8) is 0 Å². The number of amides is 1. The molecule has 0 radical (unpaired) electrons. The van der Waals surface area contributed by atoms with Crippen molar-refractivity contribution in [3.8, 4) is 0 Å². The van der Waals surface area contributed by atoms with Crippen molar-refractivity contribution in [2.45, 2.75) is 18.8 Å². The van der Waals surface area contributed by atoms with Crippen molar-refractivity contribution >= 4 is 33.4 Å². The average Bonchev–Trinajstić information content (AvgIpc) is 3.19. The summed E-state index contributed by atoms with van der Waals surface area (Å²) in [6, 6.07) is 22.3. The lowest BCUT2D eigenvalue weighted by Gasteiger charge is -2.31. The van der Waals surface area contributed by atoms with Crippen LogP contribution < -0.4 is 5.32 Å². The molecule has 0 aliphatic carbocycles. The van der Waals surface area contributed by atoms with Crippen LogP contribution >= 0.6 is 0 Å². The molecular weight excluding hydrogens is 360 g/mol. The van der Waals surface area contributed by atoms with E-state index in [1.54, 1.807) is 0 Å². The van der Waals surface area contributed by atoms with E-state index in [9.17, 15) is 4.79 Å². The summed E-state index contributed by atoms with van der Waals surface area (Å²) in [4.78, 5) is 23.2. The van der Waals surface area contributed by atoms with E-state index in [2.05, 4.69) is 33.4 Å². The van der Waals surface area contributed by atoms with Gasteiger partial charge in [0.1, 0.15) is 5.82 Å². The predicted octanol–water partition coefficient (Wildman–Crippen LogP) is 4.53. The smallest absolute Gasteiger partial charge is 0.238 e. The molecule has 1 fully saturated rings. The van der Waals surface area contributed by atoms with Gasteiger partial charge in [0.15, 0.2) is 0 Å². The van der Waals surface area contributed by atoms with Crippen molar-refractivity contribution in [1.82, 2.24) is 14.9 Å². The molecule has 5 heteroatoms. The van der Waals surface area contributed by atoms with E-state index in [-0.39, 0.29) is 5.91 Å². The highest BCUT2D eigenvalue weighted by Gasteiger charge is 2.25. The number of anilines is 1. The van der Waals surface area contributed by atoms with Gasteiger partial charge in [0.2, 0.25) is 5.91 Å². The number of aromatic nitrogens is 2. The summed E-state index contributed by atoms with van der Waals surface area (Å²) < 4.78 is 0. The van der Waals surface area contributed by atoms with E-state index in [0.717, 1.165) is 59.2 Å². The van der Waals surface area contributed by atoms with Gasteiger partial charge >= 0.3 is 0 Å². The van der Waals surface area contributed by atoms with E-state index < -0.39 is 0 Å². The Morgan fingerprint density at radius 3 is 2.83 bits per heavy atom. The lowest BCUT2D eigenvalue weighted by Crippen LogP contribution is -2.40. The Labute approximate surface area is 169 Å². The topological polar surface area (TPSA) is 61.0 Å². The molecule has 0 unspecified atom stereocenters. The molecule has 29 heavy (non-hydrogen) atoms. The summed E-state index contributed by atoms with van der Waals surface area (Å²) in [6.45, 7) is 2.20. The number of carbonyl (C=O) groups excluding carboxylic acids is 1. The fraction of sp³-hybridized carbons (Fsp3) is 0.250. The second-order valence-corrected chi connectivity index (χ2v) is 7.79. The van der Waals surface area contributed by atoms with Crippen LogP contribution in [0, 0.1) is 0 Å². The van der Waals surface area contributed by atoms with Crippen molar-refractivity contribution in [2.75, 3.05) is 25.0 Å². The Hall–Kier alpha value is -3.18. The van der Waals surface area contributed by atoms with Crippen LogP contribution in [0.15, 0.2) is 66.7 Å². The molecule has 1 aromatic heterocycles. The Kier molecular flexibility index (Phi) is 4.74. The summed E-state index contributed by atoms with van der Waals surface area (Å²) in [7, 11) is 0. The number of H-pyrrole nitrogens is 1. The minimum Gasteiger partial charge on any atom is -0.342 e. The molecule has 146 valence electrons. The Morgan fingerprint density at radius 2 is 1.90 bits per heavy atom. The van der Waals surface area contributed by atoms with Gasteiger partial charge < -0.3 is 10.3 Å². The van der Waals surface area contributed by atoms with Gasteiger partial charge in [-0.2, -0.15) is 0 Å². The standard InChI is InChI=1S/C24H24N4O/c29-23(25-20-13-5-8-17-7-1-2-10-19(17)20)16-28-14-6-9-18(15-28)24-26-21-11-3-4-12-22(21)27-24/h1-5,7-8,10-13,18H,6,9,14-16H2,(H,25,29)(H,26,27)/t18-/m0/s1. The molecule has 1 saturated heterocycles. The maximum absolute atomic E-state index is 12.7. The number of fused-ring (bicyclic) bond motifs is 2. The molecule has 2 heterocycles. The lowest BCUT2D eigenvalue weighted by molar-refractivity contribution is -0.117. The van der Waals surface area contributed by atoms with Gasteiger partial charge in [-0.1, -0.05) is 48.5 Å². The largest absolute Gasteiger partial charge is 0.342 e. The van der Waals surface area contributed by atoms with E-state index in [0.29, 0.717) is 12.5 Å². The van der Waals surface area contributed by atoms with Gasteiger partial charge in [0.25, 0.3) is 0 Å². The van der Waals surface area contributed by atoms with Gasteiger partial charge in [-0.15, -0.1) is 0 Å². The Balaban J connectivity index is 1.27. The van der Waals surface area contributed by atoms with Gasteiger partial charge in [0.05, 0.1) is 17.6 Å². The molecular formula is C24H24N4O. The summed E-state index contributed by atoms with van der Waals surface area (Å²) in [5.74, 6) is 1.40. The number of likely N-dealkylation sites (tertiary alicyclic amines) is 1. The minimum atomic E-state index is 0.0339. The van der Waals surface area contributed by atoms with E-state index in [1.807, 2.05) is 48.5 Å². The molecule has 3 aromatic carbocycles. The SMILES string of the molecule is O=C(CN1CCC[C@H](c2nc3ccccc3[nH]2)C1)Nc1cccc2ccccc12. The fourth-order valence-corrected chi connectivity index (χ4v) is 4.32. The average molecular weight is 384 g/mol. The van der Waals surface area contributed by atoms with Gasteiger partial charge in [-0.25, -0.2) is 4.98 Å². The Morgan fingerprint density at radius 1 is 1.07 bits per heavy atom. The molecule has 5 rings (SSSR count). The molecule has 1 amide bonds. The third kappa shape index (κ3) is 3.74. The number of nitrogens with one attached hydrogen (secondary N) is 2. The highest BCUT2D eigenvalue weighted by Crippen LogP contribution is 2.27. The number of hydrogen-bond acceptors (Lipinski definition) is 3. The van der Waals surface area contributed by atoms with Gasteiger partial charge in [-0.3, -0.25) is 9.69 Å². The van der Waals surface area contributed by atoms with Gasteiger partial charge in [0, 0.05) is 23.5 Å². The minimum absolute atomic E-state index is 0.0339. The maximum Gasteiger partial charge on any atom is 0.238 e. The number of para-hydroxylation sites is 2. The summed E-state index contributed by atoms with van der Waals surface area (Å²) in [5, 5.41) is 5.31. The van der Waals surface area contributed by atoms with Crippen LogP contribution in [0.3, 0.4) is 0 Å². The number of rotatable bonds is 4. The number of hydrogen-bond donors (Lipinski definition) is 2. The molecule has 1 aliphatic rings. The van der Waals surface area contributed by atoms with Crippen molar-refractivity contribution in [1.29, 1.82) is 0 Å². The molecule has 4 aromatic rings. The second-order valence-electron chi connectivity index (χ2n) is 7.79. The van der Waals surface area contributed by atoms with Crippen molar-refractivity contribution in [3.05, 3.63) is 72.6 Å². The zero-order valence-corrected chi connectivity index (χ0v) is 16.3. The van der Waals surface area contributed by atoms with Crippen LogP contribution in [0.1, 0.15) is 24.6 Å². The molecule has 5 nitrogen and oxygen atoms in total. The summed E-state index contributed by atoms with van der Waals surface area (Å²) in [6.07, 6.45) is 2.17. The number of benzene rings is 3. The van der Waals surface area contributed by atoms with Crippen LogP contribution in [-0.2, 0) is 4.79 Å². The number of nitrogens with zero attached hydrogens (tertiary/aromatic N) is 2. The number of carbonyl (C=O) groups is 1. The number of aromatic amines is 1. The van der Waals surface area contributed by atoms with Crippen molar-refractivity contribution in [2.24, 2.45) is 0 Å². The van der Waals surface area contributed by atoms with Crippen LogP contribution in [0.25, 0.3) is 21.8 Å². The monoisotopic (exact) mass is 384 g/mol. The molecule has 1 aliphatic heterocycles. The van der Waals surface area contributed by atoms with Crippen LogP contribution in [0.2, 0.25) is 0 Å². The first-order valence-corrected chi connectivity index (χ1v) is 10.2. The van der Waals surface area contributed by atoms with Gasteiger partial charge in [-0.05, 0) is 43.0 Å². The van der Waals surface area contributed by atoms with Crippen molar-refractivity contribution < 1.29 is 4.79 Å². The highest BCUT2D eigenvalue weighted by atomic mass is 16.2. The lowest BCUT2D eigenvalue weighted by atomic mass is 9.97. The first-order chi connectivity index (χ1) is 14.3. The second kappa shape index (κ2) is 7.68. The molecule has 2 N–H and O–H groups in total. The van der Waals surface area contributed by atoms with E-state index >= 15 is 0 Å². The quantitative estimate of drug-likeness (QED) is 0.543. The molecule has 1 atom stereocenters. The molecule has 0 spiro atoms. The van der Waals surface area contributed by atoms with E-state index in [1.165, 1.54) is 0 Å². The third-order valence-electron chi connectivity index (χ3n) is 5.73. The molecule has 0 saturated carbocycles. The first-order valence-electron chi connectivity index (χ1n) is 10.2. The Bertz CT molecular complexity index is 1130.